The van der Waals surface area contributed by atoms with Crippen LogP contribution in [-0.4, -0.2) is 91.2 Å². The van der Waals surface area contributed by atoms with E-state index >= 15 is 0 Å². The number of ether oxygens (including phenoxy) is 1. The molecule has 6 rings (SSSR count). The van der Waals surface area contributed by atoms with Crippen molar-refractivity contribution in [2.45, 2.75) is 70.0 Å². The molecule has 192 valence electrons. The van der Waals surface area contributed by atoms with Crippen molar-refractivity contribution < 1.29 is 27.5 Å². The van der Waals surface area contributed by atoms with Crippen LogP contribution in [0.1, 0.15) is 57.8 Å². The molecule has 1 unspecified atom stereocenters. The van der Waals surface area contributed by atoms with Crippen LogP contribution >= 0.6 is 0 Å². The second kappa shape index (κ2) is 9.60. The first-order chi connectivity index (χ1) is 16.2. The van der Waals surface area contributed by atoms with Crippen LogP contribution in [0, 0.1) is 23.2 Å². The lowest BCUT2D eigenvalue weighted by Gasteiger charge is -2.56. The van der Waals surface area contributed by atoms with Crippen LogP contribution in [0.15, 0.2) is 0 Å². The Hall–Kier alpha value is -1.35. The van der Waals surface area contributed by atoms with E-state index in [1.165, 1.54) is 19.3 Å². The number of likely N-dealkylation sites (tertiary alicyclic amines) is 1. The SMILES string of the molecule is O=C(C1CCCN1C(=O)C12CC3CC(CC(C3)C1)C2)N1CCN(CCCOCC(F)(F)F)CC1. The summed E-state index contributed by atoms with van der Waals surface area (Å²) < 4.78 is 41.1. The summed E-state index contributed by atoms with van der Waals surface area (Å²) >= 11 is 0. The van der Waals surface area contributed by atoms with E-state index in [9.17, 15) is 22.8 Å². The van der Waals surface area contributed by atoms with Gasteiger partial charge < -0.3 is 14.5 Å². The maximum atomic E-state index is 13.8. The first-order valence-corrected chi connectivity index (χ1v) is 13.2. The summed E-state index contributed by atoms with van der Waals surface area (Å²) in [4.78, 5) is 33.3. The second-order valence-electron chi connectivity index (χ2n) is 11.5. The number of piperazine rings is 1. The molecule has 34 heavy (non-hydrogen) atoms. The zero-order chi connectivity index (χ0) is 23.9. The number of halogens is 3. The Balaban J connectivity index is 1.10. The first kappa shape index (κ1) is 24.3. The van der Waals surface area contributed by atoms with Crippen molar-refractivity contribution in [3.63, 3.8) is 0 Å². The molecule has 4 aliphatic carbocycles. The average Bonchev–Trinajstić information content (AvgIpc) is 3.26. The van der Waals surface area contributed by atoms with E-state index in [0.29, 0.717) is 63.4 Å². The predicted molar refractivity (Wildman–Crippen MR) is 120 cm³/mol. The molecule has 0 aromatic carbocycles. The minimum absolute atomic E-state index is 0.0854. The molecule has 4 bridgehead atoms. The lowest BCUT2D eigenvalue weighted by molar-refractivity contribution is -0.174. The van der Waals surface area contributed by atoms with Gasteiger partial charge in [0.25, 0.3) is 0 Å². The molecule has 0 aromatic rings. The molecule has 2 aliphatic heterocycles. The summed E-state index contributed by atoms with van der Waals surface area (Å²) in [7, 11) is 0. The monoisotopic (exact) mass is 485 g/mol. The highest BCUT2D eigenvalue weighted by molar-refractivity contribution is 5.91. The Labute approximate surface area is 200 Å². The molecule has 6 aliphatic rings. The maximum Gasteiger partial charge on any atom is 0.411 e. The third kappa shape index (κ3) is 5.11. The van der Waals surface area contributed by atoms with Crippen molar-refractivity contribution in [1.82, 2.24) is 14.7 Å². The van der Waals surface area contributed by atoms with Gasteiger partial charge in [0.15, 0.2) is 0 Å². The maximum absolute atomic E-state index is 13.8. The number of carbonyl (C=O) groups excluding carboxylic acids is 2. The first-order valence-electron chi connectivity index (χ1n) is 13.2. The molecular formula is C25H38F3N3O3. The Morgan fingerprint density at radius 1 is 0.912 bits per heavy atom. The van der Waals surface area contributed by atoms with Crippen LogP contribution in [0.25, 0.3) is 0 Å². The summed E-state index contributed by atoms with van der Waals surface area (Å²) in [5, 5.41) is 0. The van der Waals surface area contributed by atoms with Crippen molar-refractivity contribution in [2.24, 2.45) is 23.2 Å². The molecule has 2 amide bonds. The molecule has 4 saturated carbocycles. The van der Waals surface area contributed by atoms with E-state index in [1.807, 2.05) is 9.80 Å². The summed E-state index contributed by atoms with van der Waals surface area (Å²) in [5.74, 6) is 2.47. The standard InChI is InChI=1S/C25H38F3N3O3/c26-25(27,28)17-34-10-2-4-29-6-8-30(9-7-29)22(32)21-3-1-5-31(21)23(33)24-14-18-11-19(15-24)13-20(12-18)16-24/h18-21H,1-17H2. The molecule has 6 nitrogen and oxygen atoms in total. The van der Waals surface area contributed by atoms with E-state index in [0.717, 1.165) is 32.1 Å². The fourth-order valence-corrected chi connectivity index (χ4v) is 7.92. The fraction of sp³-hybridized carbons (Fsp3) is 0.920. The van der Waals surface area contributed by atoms with Gasteiger partial charge in [-0.1, -0.05) is 0 Å². The quantitative estimate of drug-likeness (QED) is 0.520. The third-order valence-electron chi connectivity index (χ3n) is 9.00. The van der Waals surface area contributed by atoms with Gasteiger partial charge in [-0.25, -0.2) is 0 Å². The number of hydrogen-bond donors (Lipinski definition) is 0. The number of amides is 2. The van der Waals surface area contributed by atoms with Gasteiger partial charge in [-0.15, -0.1) is 0 Å². The van der Waals surface area contributed by atoms with Crippen LogP contribution in [0.3, 0.4) is 0 Å². The summed E-state index contributed by atoms with van der Waals surface area (Å²) in [5.41, 5.74) is -0.204. The van der Waals surface area contributed by atoms with Crippen LogP contribution in [-0.2, 0) is 14.3 Å². The number of nitrogens with zero attached hydrogens (tertiary/aromatic N) is 3. The smallest absolute Gasteiger partial charge is 0.372 e. The fourth-order valence-electron chi connectivity index (χ4n) is 7.92. The van der Waals surface area contributed by atoms with Crippen molar-refractivity contribution in [3.05, 3.63) is 0 Å². The van der Waals surface area contributed by atoms with Gasteiger partial charge in [-0.05, 0) is 75.5 Å². The molecule has 2 saturated heterocycles. The van der Waals surface area contributed by atoms with E-state index in [2.05, 4.69) is 9.64 Å². The summed E-state index contributed by atoms with van der Waals surface area (Å²) in [6, 6.07) is -0.317. The Morgan fingerprint density at radius 3 is 2.12 bits per heavy atom. The van der Waals surface area contributed by atoms with Gasteiger partial charge in [0.1, 0.15) is 12.6 Å². The number of rotatable bonds is 7. The zero-order valence-corrected chi connectivity index (χ0v) is 20.0. The van der Waals surface area contributed by atoms with Crippen molar-refractivity contribution in [3.8, 4) is 0 Å². The number of carbonyl (C=O) groups is 2. The van der Waals surface area contributed by atoms with Crippen LogP contribution in [0.4, 0.5) is 13.2 Å². The largest absolute Gasteiger partial charge is 0.411 e. The molecule has 9 heteroatoms. The van der Waals surface area contributed by atoms with E-state index in [4.69, 9.17) is 0 Å². The second-order valence-corrected chi connectivity index (χ2v) is 11.5. The topological polar surface area (TPSA) is 53.1 Å². The van der Waals surface area contributed by atoms with Gasteiger partial charge in [-0.2, -0.15) is 13.2 Å². The zero-order valence-electron chi connectivity index (χ0n) is 20.0. The molecule has 0 spiro atoms. The highest BCUT2D eigenvalue weighted by atomic mass is 19.4. The minimum atomic E-state index is -4.28. The number of alkyl halides is 3. The van der Waals surface area contributed by atoms with Gasteiger partial charge in [0.2, 0.25) is 11.8 Å². The van der Waals surface area contributed by atoms with Crippen LogP contribution in [0.5, 0.6) is 0 Å². The van der Waals surface area contributed by atoms with Gasteiger partial charge in [0, 0.05) is 45.9 Å². The summed E-state index contributed by atoms with van der Waals surface area (Å²) in [6.45, 7) is 2.89. The van der Waals surface area contributed by atoms with Crippen LogP contribution < -0.4 is 0 Å². The molecule has 6 fully saturated rings. The summed E-state index contributed by atoms with van der Waals surface area (Å²) in [6.07, 6.45) is 4.90. The molecule has 1 atom stereocenters. The number of hydrogen-bond acceptors (Lipinski definition) is 4. The van der Waals surface area contributed by atoms with E-state index in [-0.39, 0.29) is 29.9 Å². The molecular weight excluding hydrogens is 447 g/mol. The Bertz CT molecular complexity index is 731. The van der Waals surface area contributed by atoms with E-state index < -0.39 is 12.8 Å². The predicted octanol–water partition coefficient (Wildman–Crippen LogP) is 3.31. The minimum Gasteiger partial charge on any atom is -0.372 e. The van der Waals surface area contributed by atoms with Gasteiger partial charge in [0.05, 0.1) is 5.41 Å². The van der Waals surface area contributed by atoms with Gasteiger partial charge >= 0.3 is 6.18 Å². The van der Waals surface area contributed by atoms with Crippen molar-refractivity contribution in [1.29, 1.82) is 0 Å². The molecule has 0 N–H and O–H groups in total. The van der Waals surface area contributed by atoms with Gasteiger partial charge in [-0.3, -0.25) is 14.5 Å². The van der Waals surface area contributed by atoms with Crippen LogP contribution in [0.2, 0.25) is 0 Å². The highest BCUT2D eigenvalue weighted by Gasteiger charge is 2.57. The third-order valence-corrected chi connectivity index (χ3v) is 9.00. The average molecular weight is 486 g/mol. The highest BCUT2D eigenvalue weighted by Crippen LogP contribution is 2.60. The Kier molecular flexibility index (Phi) is 6.88. The normalized spacial score (nSPS) is 35.9. The van der Waals surface area contributed by atoms with Crippen molar-refractivity contribution in [2.75, 3.05) is 52.5 Å². The van der Waals surface area contributed by atoms with Crippen molar-refractivity contribution >= 4 is 11.8 Å². The molecule has 0 radical (unpaired) electrons. The van der Waals surface area contributed by atoms with E-state index in [1.54, 1.807) is 0 Å². The Morgan fingerprint density at radius 2 is 1.53 bits per heavy atom. The molecule has 2 heterocycles. The molecule has 0 aromatic heterocycles. The lowest BCUT2D eigenvalue weighted by Crippen LogP contribution is -2.59. The lowest BCUT2D eigenvalue weighted by atomic mass is 9.49.